The van der Waals surface area contributed by atoms with Crippen molar-refractivity contribution in [1.29, 1.82) is 0 Å². The van der Waals surface area contributed by atoms with Gasteiger partial charge in [0, 0.05) is 20.7 Å². The van der Waals surface area contributed by atoms with Crippen LogP contribution in [0.15, 0.2) is 53.0 Å². The topological polar surface area (TPSA) is 55.1 Å². The highest BCUT2D eigenvalue weighted by molar-refractivity contribution is 9.10. The van der Waals surface area contributed by atoms with Crippen LogP contribution in [0.4, 0.5) is 5.69 Å². The Morgan fingerprint density at radius 1 is 1.20 bits per heavy atom. The van der Waals surface area contributed by atoms with Crippen LogP contribution >= 0.6 is 27.5 Å². The Morgan fingerprint density at radius 2 is 1.80 bits per heavy atom. The molecule has 2 aromatic carbocycles. The Hall–Kier alpha value is -1.52. The van der Waals surface area contributed by atoms with E-state index in [-0.39, 0.29) is 0 Å². The predicted molar refractivity (Wildman–Crippen MR) is 85.8 cm³/mol. The van der Waals surface area contributed by atoms with Crippen molar-refractivity contribution in [1.82, 2.24) is 0 Å². The average molecular weight is 354 g/mol. The van der Waals surface area contributed by atoms with E-state index in [4.69, 9.17) is 17.3 Å². The first kappa shape index (κ1) is 14.9. The van der Waals surface area contributed by atoms with Crippen LogP contribution in [0, 0.1) is 0 Å². The Morgan fingerprint density at radius 3 is 2.35 bits per heavy atom. The van der Waals surface area contributed by atoms with Gasteiger partial charge in [0.25, 0.3) is 0 Å². The summed E-state index contributed by atoms with van der Waals surface area (Å²) >= 11 is 9.32. The molecule has 0 aliphatic carbocycles. The van der Waals surface area contributed by atoms with Gasteiger partial charge in [-0.25, -0.2) is 0 Å². The summed E-state index contributed by atoms with van der Waals surface area (Å²) in [6, 6.07) is 14.6. The standard InChI is InChI=1S/C15H14BrClN2O/c1-15(14(18)20,12-4-2-3-5-13(12)16)19-11-8-6-10(17)7-9-11/h2-9,19H,1H3,(H2,18,20). The van der Waals surface area contributed by atoms with Gasteiger partial charge in [-0.3, -0.25) is 4.79 Å². The smallest absolute Gasteiger partial charge is 0.247 e. The molecule has 0 saturated carbocycles. The van der Waals surface area contributed by atoms with Crippen LogP contribution in [-0.2, 0) is 10.3 Å². The largest absolute Gasteiger partial charge is 0.368 e. The van der Waals surface area contributed by atoms with E-state index < -0.39 is 11.4 Å². The molecule has 5 heteroatoms. The highest BCUT2D eigenvalue weighted by atomic mass is 79.9. The summed E-state index contributed by atoms with van der Waals surface area (Å²) in [5.41, 5.74) is 6.13. The van der Waals surface area contributed by atoms with Crippen molar-refractivity contribution in [2.75, 3.05) is 5.32 Å². The number of carbonyl (C=O) groups excluding carboxylic acids is 1. The zero-order valence-corrected chi connectivity index (χ0v) is 13.2. The number of amides is 1. The van der Waals surface area contributed by atoms with Crippen LogP contribution in [0.2, 0.25) is 5.02 Å². The van der Waals surface area contributed by atoms with Gasteiger partial charge in [0.05, 0.1) is 0 Å². The number of benzene rings is 2. The minimum Gasteiger partial charge on any atom is -0.368 e. The summed E-state index contributed by atoms with van der Waals surface area (Å²) in [4.78, 5) is 12.0. The Bertz CT molecular complexity index is 630. The minimum absolute atomic E-state index is 0.459. The Labute approximate surface area is 131 Å². The lowest BCUT2D eigenvalue weighted by Crippen LogP contribution is -2.45. The zero-order chi connectivity index (χ0) is 14.8. The monoisotopic (exact) mass is 352 g/mol. The van der Waals surface area contributed by atoms with Crippen LogP contribution in [0.3, 0.4) is 0 Å². The fourth-order valence-corrected chi connectivity index (χ4v) is 2.76. The summed E-state index contributed by atoms with van der Waals surface area (Å²) in [7, 11) is 0. The summed E-state index contributed by atoms with van der Waals surface area (Å²) in [5, 5.41) is 3.81. The third-order valence-electron chi connectivity index (χ3n) is 3.14. The first-order chi connectivity index (χ1) is 9.43. The molecule has 3 nitrogen and oxygen atoms in total. The lowest BCUT2D eigenvalue weighted by Gasteiger charge is -2.30. The molecule has 0 aliphatic heterocycles. The number of anilines is 1. The molecule has 0 aromatic heterocycles. The molecule has 0 fully saturated rings. The fraction of sp³-hybridized carbons (Fsp3) is 0.133. The maximum Gasteiger partial charge on any atom is 0.247 e. The average Bonchev–Trinajstić information content (AvgIpc) is 2.41. The molecule has 104 valence electrons. The number of nitrogens with one attached hydrogen (secondary N) is 1. The van der Waals surface area contributed by atoms with Crippen LogP contribution in [0.1, 0.15) is 12.5 Å². The van der Waals surface area contributed by atoms with Crippen LogP contribution in [0.25, 0.3) is 0 Å². The summed E-state index contributed by atoms with van der Waals surface area (Å²) in [6.07, 6.45) is 0. The molecule has 0 radical (unpaired) electrons. The number of primary amides is 1. The lowest BCUT2D eigenvalue weighted by atomic mass is 9.91. The van der Waals surface area contributed by atoms with Crippen LogP contribution in [0.5, 0.6) is 0 Å². The first-order valence-electron chi connectivity index (χ1n) is 6.02. The van der Waals surface area contributed by atoms with Crippen molar-refractivity contribution in [3.05, 3.63) is 63.6 Å². The molecule has 20 heavy (non-hydrogen) atoms. The van der Waals surface area contributed by atoms with E-state index in [1.165, 1.54) is 0 Å². The summed E-state index contributed by atoms with van der Waals surface area (Å²) < 4.78 is 0.822. The molecule has 1 atom stereocenters. The molecule has 2 rings (SSSR count). The van der Waals surface area contributed by atoms with Crippen molar-refractivity contribution < 1.29 is 4.79 Å². The second kappa shape index (κ2) is 5.85. The molecular weight excluding hydrogens is 340 g/mol. The van der Waals surface area contributed by atoms with E-state index in [9.17, 15) is 4.79 Å². The minimum atomic E-state index is -1.02. The second-order valence-corrected chi connectivity index (χ2v) is 5.89. The maximum atomic E-state index is 12.0. The van der Waals surface area contributed by atoms with E-state index in [1.807, 2.05) is 24.3 Å². The normalized spacial score (nSPS) is 13.6. The molecule has 3 N–H and O–H groups in total. The Kier molecular flexibility index (Phi) is 4.35. The van der Waals surface area contributed by atoms with Gasteiger partial charge in [0.15, 0.2) is 0 Å². The van der Waals surface area contributed by atoms with E-state index in [0.29, 0.717) is 5.02 Å². The molecule has 2 aromatic rings. The molecule has 1 unspecified atom stereocenters. The van der Waals surface area contributed by atoms with E-state index >= 15 is 0 Å². The molecule has 0 saturated heterocycles. The van der Waals surface area contributed by atoms with Crippen molar-refractivity contribution in [2.24, 2.45) is 5.73 Å². The third-order valence-corrected chi connectivity index (χ3v) is 4.09. The highest BCUT2D eigenvalue weighted by Crippen LogP contribution is 2.31. The summed E-state index contributed by atoms with van der Waals surface area (Å²) in [6.45, 7) is 1.75. The molecular formula is C15H14BrClN2O. The van der Waals surface area contributed by atoms with Gasteiger partial charge in [-0.15, -0.1) is 0 Å². The van der Waals surface area contributed by atoms with Crippen LogP contribution < -0.4 is 11.1 Å². The van der Waals surface area contributed by atoms with Gasteiger partial charge in [0.1, 0.15) is 5.54 Å². The SMILES string of the molecule is CC(Nc1ccc(Cl)cc1)(C(N)=O)c1ccccc1Br. The van der Waals surface area contributed by atoms with Gasteiger partial charge in [-0.2, -0.15) is 0 Å². The van der Waals surface area contributed by atoms with Gasteiger partial charge >= 0.3 is 0 Å². The van der Waals surface area contributed by atoms with E-state index in [1.54, 1.807) is 31.2 Å². The van der Waals surface area contributed by atoms with Crippen molar-refractivity contribution in [2.45, 2.75) is 12.5 Å². The maximum absolute atomic E-state index is 12.0. The van der Waals surface area contributed by atoms with E-state index in [0.717, 1.165) is 15.7 Å². The number of halogens is 2. The third kappa shape index (κ3) is 2.97. The quantitative estimate of drug-likeness (QED) is 0.875. The molecule has 1 amide bonds. The Balaban J connectivity index is 2.43. The van der Waals surface area contributed by atoms with Gasteiger partial charge in [0.2, 0.25) is 5.91 Å². The van der Waals surface area contributed by atoms with Crippen molar-refractivity contribution in [3.8, 4) is 0 Å². The highest BCUT2D eigenvalue weighted by Gasteiger charge is 2.34. The van der Waals surface area contributed by atoms with Crippen molar-refractivity contribution >= 4 is 39.1 Å². The lowest BCUT2D eigenvalue weighted by molar-refractivity contribution is -0.122. The molecule has 0 heterocycles. The fourth-order valence-electron chi connectivity index (χ4n) is 1.95. The first-order valence-corrected chi connectivity index (χ1v) is 7.19. The number of nitrogens with two attached hydrogens (primary N) is 1. The summed E-state index contributed by atoms with van der Waals surface area (Å²) in [5.74, 6) is -0.459. The predicted octanol–water partition coefficient (Wildman–Crippen LogP) is 3.92. The van der Waals surface area contributed by atoms with E-state index in [2.05, 4.69) is 21.2 Å². The van der Waals surface area contributed by atoms with Crippen LogP contribution in [-0.4, -0.2) is 5.91 Å². The number of hydrogen-bond acceptors (Lipinski definition) is 2. The van der Waals surface area contributed by atoms with Gasteiger partial charge < -0.3 is 11.1 Å². The molecule has 0 aliphatic rings. The van der Waals surface area contributed by atoms with Gasteiger partial charge in [-0.1, -0.05) is 45.7 Å². The molecule has 0 bridgehead atoms. The second-order valence-electron chi connectivity index (χ2n) is 4.60. The molecule has 0 spiro atoms. The number of hydrogen-bond donors (Lipinski definition) is 2. The zero-order valence-electron chi connectivity index (χ0n) is 10.9. The number of rotatable bonds is 4. The van der Waals surface area contributed by atoms with Gasteiger partial charge in [-0.05, 0) is 37.3 Å². The number of carbonyl (C=O) groups is 1. The van der Waals surface area contributed by atoms with Crippen molar-refractivity contribution in [3.63, 3.8) is 0 Å².